The van der Waals surface area contributed by atoms with Crippen LogP contribution < -0.4 is 5.32 Å². The van der Waals surface area contributed by atoms with Gasteiger partial charge in [0.25, 0.3) is 0 Å². The second-order valence-corrected chi connectivity index (χ2v) is 8.69. The van der Waals surface area contributed by atoms with Gasteiger partial charge < -0.3 is 5.32 Å². The zero-order chi connectivity index (χ0) is 19.2. The Morgan fingerprint density at radius 3 is 2.78 bits per heavy atom. The Morgan fingerprint density at radius 2 is 2.11 bits per heavy atom. The third-order valence-electron chi connectivity index (χ3n) is 4.81. The predicted octanol–water partition coefficient (Wildman–Crippen LogP) is 6.25. The van der Waals surface area contributed by atoms with Crippen molar-refractivity contribution in [1.29, 1.82) is 0 Å². The number of halogens is 5. The van der Waals surface area contributed by atoms with Crippen LogP contribution in [0.2, 0.25) is 5.28 Å². The lowest BCUT2D eigenvalue weighted by atomic mass is 9.83. The molecule has 3 aromatic rings. The highest BCUT2D eigenvalue weighted by atomic mass is 79.9. The van der Waals surface area contributed by atoms with E-state index >= 15 is 4.39 Å². The molecule has 0 radical (unpaired) electrons. The molecule has 3 heterocycles. The van der Waals surface area contributed by atoms with Gasteiger partial charge in [0.05, 0.1) is 6.54 Å². The van der Waals surface area contributed by atoms with E-state index in [1.54, 1.807) is 11.3 Å². The van der Waals surface area contributed by atoms with E-state index in [1.165, 1.54) is 4.52 Å². The van der Waals surface area contributed by atoms with Crippen LogP contribution in [-0.2, 0) is 6.54 Å². The van der Waals surface area contributed by atoms with E-state index in [9.17, 15) is 8.78 Å². The van der Waals surface area contributed by atoms with Crippen molar-refractivity contribution in [2.24, 2.45) is 0 Å². The van der Waals surface area contributed by atoms with Crippen LogP contribution in [0.1, 0.15) is 42.0 Å². The van der Waals surface area contributed by atoms with Crippen LogP contribution in [0.3, 0.4) is 0 Å². The van der Waals surface area contributed by atoms with Crippen molar-refractivity contribution in [3.05, 3.63) is 43.7 Å². The minimum absolute atomic E-state index is 0.0337. The second kappa shape index (κ2) is 7.25. The zero-order valence-corrected chi connectivity index (χ0v) is 17.1. The number of nitrogens with zero attached hydrogens (tertiary/aromatic N) is 3. The Morgan fingerprint density at radius 1 is 1.37 bits per heavy atom. The Labute approximate surface area is 170 Å². The van der Waals surface area contributed by atoms with E-state index in [0.717, 1.165) is 4.88 Å². The van der Waals surface area contributed by atoms with Crippen molar-refractivity contribution in [3.63, 3.8) is 0 Å². The molecule has 0 atom stereocenters. The van der Waals surface area contributed by atoms with Crippen LogP contribution in [0, 0.1) is 5.82 Å². The molecule has 144 valence electrons. The number of nitrogens with one attached hydrogen (secondary N) is 1. The van der Waals surface area contributed by atoms with Gasteiger partial charge in [-0.25, -0.2) is 17.7 Å². The van der Waals surface area contributed by atoms with Gasteiger partial charge in [-0.1, -0.05) is 6.07 Å². The molecule has 0 spiro atoms. The largest absolute Gasteiger partial charge is 0.363 e. The summed E-state index contributed by atoms with van der Waals surface area (Å²) in [5.74, 6) is -3.20. The van der Waals surface area contributed by atoms with Gasteiger partial charge in [0.1, 0.15) is 10.1 Å². The third-order valence-corrected chi connectivity index (χ3v) is 6.61. The first-order valence-electron chi connectivity index (χ1n) is 8.43. The molecule has 27 heavy (non-hydrogen) atoms. The number of hydrogen-bond donors (Lipinski definition) is 1. The molecule has 1 saturated carbocycles. The van der Waals surface area contributed by atoms with Crippen LogP contribution in [0.25, 0.3) is 5.52 Å². The Hall–Kier alpha value is -1.32. The number of aromatic nitrogens is 3. The van der Waals surface area contributed by atoms with Crippen molar-refractivity contribution in [2.45, 2.75) is 44.1 Å². The van der Waals surface area contributed by atoms with Crippen molar-refractivity contribution < 1.29 is 13.2 Å². The van der Waals surface area contributed by atoms with Crippen LogP contribution in [0.4, 0.5) is 19.0 Å². The zero-order valence-electron chi connectivity index (χ0n) is 14.0. The molecule has 4 nitrogen and oxygen atoms in total. The number of thiophene rings is 1. The van der Waals surface area contributed by atoms with E-state index < -0.39 is 11.7 Å². The molecule has 4 rings (SSSR count). The fraction of sp³-hybridized carbons (Fsp3) is 0.412. The lowest BCUT2D eigenvalue weighted by molar-refractivity contribution is -0.0384. The van der Waals surface area contributed by atoms with E-state index in [-0.39, 0.29) is 48.2 Å². The molecule has 3 aromatic heterocycles. The molecule has 0 aromatic carbocycles. The molecule has 1 fully saturated rings. The summed E-state index contributed by atoms with van der Waals surface area (Å²) in [6.45, 7) is 0.466. The van der Waals surface area contributed by atoms with Gasteiger partial charge in [-0.15, -0.1) is 16.4 Å². The Balaban J connectivity index is 1.73. The first kappa shape index (κ1) is 19.0. The maximum Gasteiger partial charge on any atom is 0.248 e. The van der Waals surface area contributed by atoms with Crippen molar-refractivity contribution in [2.75, 3.05) is 5.32 Å². The normalized spacial score (nSPS) is 17.5. The quantitative estimate of drug-likeness (QED) is 0.481. The number of rotatable bonds is 4. The molecular formula is C17H15BrClF3N4S. The second-order valence-electron chi connectivity index (χ2n) is 6.57. The van der Waals surface area contributed by atoms with Gasteiger partial charge in [0.2, 0.25) is 11.2 Å². The molecule has 0 amide bonds. The van der Waals surface area contributed by atoms with Crippen molar-refractivity contribution in [3.8, 4) is 0 Å². The number of fused-ring (bicyclic) bond motifs is 1. The molecular weight excluding hydrogens is 465 g/mol. The SMILES string of the molecule is Fc1c(C2CCC(F)(F)CC2)c(Br)n2nc(Cl)nc(NCc3cccs3)c12. The van der Waals surface area contributed by atoms with Crippen molar-refractivity contribution >= 4 is 50.2 Å². The lowest BCUT2D eigenvalue weighted by Crippen LogP contribution is -2.24. The smallest absolute Gasteiger partial charge is 0.248 e. The van der Waals surface area contributed by atoms with Crippen LogP contribution in [-0.4, -0.2) is 20.5 Å². The summed E-state index contributed by atoms with van der Waals surface area (Å²) < 4.78 is 44.1. The average Bonchev–Trinajstić information content (AvgIpc) is 3.21. The van der Waals surface area contributed by atoms with E-state index in [2.05, 4.69) is 31.3 Å². The molecule has 0 bridgehead atoms. The summed E-state index contributed by atoms with van der Waals surface area (Å²) in [5.41, 5.74) is 0.524. The minimum atomic E-state index is -2.67. The van der Waals surface area contributed by atoms with E-state index in [4.69, 9.17) is 11.6 Å². The van der Waals surface area contributed by atoms with Gasteiger partial charge in [-0.3, -0.25) is 0 Å². The number of anilines is 1. The van der Waals surface area contributed by atoms with E-state index in [0.29, 0.717) is 16.7 Å². The predicted molar refractivity (Wildman–Crippen MR) is 103 cm³/mol. The van der Waals surface area contributed by atoms with Crippen LogP contribution in [0.15, 0.2) is 22.1 Å². The molecule has 1 N–H and O–H groups in total. The monoisotopic (exact) mass is 478 g/mol. The molecule has 0 saturated heterocycles. The summed E-state index contributed by atoms with van der Waals surface area (Å²) >= 11 is 11.0. The maximum absolute atomic E-state index is 15.3. The van der Waals surface area contributed by atoms with Crippen LogP contribution in [0.5, 0.6) is 0 Å². The first-order valence-corrected chi connectivity index (χ1v) is 10.5. The Kier molecular flexibility index (Phi) is 5.11. The average molecular weight is 480 g/mol. The molecule has 0 aliphatic heterocycles. The molecule has 0 unspecified atom stereocenters. The summed E-state index contributed by atoms with van der Waals surface area (Å²) in [4.78, 5) is 5.19. The third kappa shape index (κ3) is 3.69. The van der Waals surface area contributed by atoms with Gasteiger partial charge in [0, 0.05) is 23.3 Å². The first-order chi connectivity index (χ1) is 12.9. The number of hydrogen-bond acceptors (Lipinski definition) is 4. The highest BCUT2D eigenvalue weighted by Gasteiger charge is 2.38. The standard InChI is InChI=1S/C17H15BrClF3N4S/c18-14-11(9-3-5-17(21,22)6-4-9)12(20)13-15(24-16(19)25-26(13)14)23-8-10-2-1-7-27-10/h1-2,7,9H,3-6,8H2,(H,23,24,25). The fourth-order valence-corrected chi connectivity index (χ4v) is 5.01. The summed E-state index contributed by atoms with van der Waals surface area (Å²) in [6, 6.07) is 3.88. The molecule has 1 aliphatic carbocycles. The summed E-state index contributed by atoms with van der Waals surface area (Å²) in [6.07, 6.45) is -0.0473. The summed E-state index contributed by atoms with van der Waals surface area (Å²) in [7, 11) is 0. The van der Waals surface area contributed by atoms with Gasteiger partial charge in [-0.2, -0.15) is 4.98 Å². The van der Waals surface area contributed by atoms with Crippen LogP contribution >= 0.6 is 38.9 Å². The minimum Gasteiger partial charge on any atom is -0.363 e. The van der Waals surface area contributed by atoms with Gasteiger partial charge >= 0.3 is 0 Å². The van der Waals surface area contributed by atoms with Crippen molar-refractivity contribution in [1.82, 2.24) is 14.6 Å². The number of alkyl halides is 2. The molecule has 10 heteroatoms. The topological polar surface area (TPSA) is 42.2 Å². The lowest BCUT2D eigenvalue weighted by Gasteiger charge is -2.28. The van der Waals surface area contributed by atoms with Gasteiger partial charge in [0.15, 0.2) is 11.6 Å². The highest BCUT2D eigenvalue weighted by molar-refractivity contribution is 9.10. The maximum atomic E-state index is 15.3. The van der Waals surface area contributed by atoms with E-state index in [1.807, 2.05) is 17.5 Å². The summed E-state index contributed by atoms with van der Waals surface area (Å²) in [5, 5.41) is 9.10. The highest BCUT2D eigenvalue weighted by Crippen LogP contribution is 2.45. The molecule has 1 aliphatic rings. The van der Waals surface area contributed by atoms with Gasteiger partial charge in [-0.05, 0) is 57.7 Å². The fourth-order valence-electron chi connectivity index (χ4n) is 3.46. The Bertz CT molecular complexity index is 967.